The van der Waals surface area contributed by atoms with Gasteiger partial charge in [-0.25, -0.2) is 0 Å². The van der Waals surface area contributed by atoms with Crippen LogP contribution in [0.5, 0.6) is 0 Å². The minimum Gasteiger partial charge on any atom is -0.481 e. The third-order valence-corrected chi connectivity index (χ3v) is 9.51. The number of aliphatic carboxylic acids is 1. The maximum Gasteiger partial charge on any atom is 0.305 e. The van der Waals surface area contributed by atoms with Crippen LogP contribution in [0.2, 0.25) is 0 Å². The molecule has 0 spiro atoms. The van der Waals surface area contributed by atoms with Gasteiger partial charge in [0.1, 0.15) is 24.2 Å². The molecule has 0 unspecified atom stereocenters. The third kappa shape index (κ3) is 13.6. The summed E-state index contributed by atoms with van der Waals surface area (Å²) in [7, 11) is 0. The number of anilines is 1. The van der Waals surface area contributed by atoms with Crippen LogP contribution in [0.1, 0.15) is 76.7 Å². The molecule has 1 aromatic carbocycles. The molecule has 1 aliphatic heterocycles. The Morgan fingerprint density at radius 2 is 1.58 bits per heavy atom. The molecule has 1 saturated carbocycles. The maximum absolute atomic E-state index is 14.2. The van der Waals surface area contributed by atoms with Gasteiger partial charge in [-0.1, -0.05) is 31.4 Å². The molecule has 1 aromatic rings. The van der Waals surface area contributed by atoms with Crippen molar-refractivity contribution in [3.05, 3.63) is 29.8 Å². The van der Waals surface area contributed by atoms with E-state index in [-0.39, 0.29) is 50.8 Å². The number of likely N-dealkylation sites (tertiary alicyclic amines) is 1. The number of benzene rings is 1. The quantitative estimate of drug-likeness (QED) is 0.0357. The topological polar surface area (TPSA) is 299 Å². The van der Waals surface area contributed by atoms with E-state index in [4.69, 9.17) is 22.9 Å². The van der Waals surface area contributed by atoms with Crippen LogP contribution in [0.3, 0.4) is 0 Å². The second kappa shape index (κ2) is 20.6. The van der Waals surface area contributed by atoms with Crippen molar-refractivity contribution in [2.45, 2.75) is 102 Å². The van der Waals surface area contributed by atoms with E-state index in [9.17, 15) is 38.7 Å². The van der Waals surface area contributed by atoms with Crippen molar-refractivity contribution in [3.63, 3.8) is 0 Å². The SMILES string of the molecule is CC(=O)N[C@H](Cc1ccc(N)cc1)C(=O)N[C@H](C(=O)N[C@@H](CCCN=C(N)N)C(=O)N(CCC(=O)O)CC(=O)N1CCC[C@H]1C(N)=O)C1CCCCC1. The highest BCUT2D eigenvalue weighted by molar-refractivity contribution is 5.96. The Morgan fingerprint density at radius 3 is 2.19 bits per heavy atom. The second-order valence-corrected chi connectivity index (χ2v) is 13.6. The highest BCUT2D eigenvalue weighted by atomic mass is 16.4. The van der Waals surface area contributed by atoms with E-state index >= 15 is 0 Å². The predicted molar refractivity (Wildman–Crippen MR) is 195 cm³/mol. The molecule has 18 nitrogen and oxygen atoms in total. The summed E-state index contributed by atoms with van der Waals surface area (Å²) in [6.07, 6.45) is 4.59. The molecule has 2 aliphatic rings. The van der Waals surface area contributed by atoms with Gasteiger partial charge < -0.3 is 53.8 Å². The fourth-order valence-electron chi connectivity index (χ4n) is 6.82. The second-order valence-electron chi connectivity index (χ2n) is 13.6. The molecule has 12 N–H and O–H groups in total. The maximum atomic E-state index is 14.2. The lowest BCUT2D eigenvalue weighted by Crippen LogP contribution is -2.60. The highest BCUT2D eigenvalue weighted by Crippen LogP contribution is 2.27. The van der Waals surface area contributed by atoms with E-state index in [1.807, 2.05) is 0 Å². The van der Waals surface area contributed by atoms with Crippen molar-refractivity contribution in [1.82, 2.24) is 25.8 Å². The molecule has 6 amide bonds. The van der Waals surface area contributed by atoms with Crippen LogP contribution in [0.15, 0.2) is 29.3 Å². The van der Waals surface area contributed by atoms with Crippen LogP contribution in [-0.4, -0.2) is 113 Å². The number of carbonyl (C=O) groups excluding carboxylic acids is 6. The number of nitrogens with one attached hydrogen (secondary N) is 3. The van der Waals surface area contributed by atoms with Crippen molar-refractivity contribution < 1.29 is 38.7 Å². The Hall–Kier alpha value is -5.42. The molecular weight excluding hydrogens is 688 g/mol. The van der Waals surface area contributed by atoms with Gasteiger partial charge >= 0.3 is 5.97 Å². The number of primary amides is 1. The first-order valence-corrected chi connectivity index (χ1v) is 18.0. The molecule has 1 saturated heterocycles. The highest BCUT2D eigenvalue weighted by Gasteiger charge is 2.38. The number of carboxylic acid groups (broad SMARTS) is 1. The Balaban J connectivity index is 1.90. The Morgan fingerprint density at radius 1 is 0.906 bits per heavy atom. The molecule has 1 aliphatic carbocycles. The summed E-state index contributed by atoms with van der Waals surface area (Å²) < 4.78 is 0. The van der Waals surface area contributed by atoms with E-state index in [2.05, 4.69) is 20.9 Å². The number of nitrogens with two attached hydrogens (primary N) is 4. The molecule has 18 heteroatoms. The number of hydrogen-bond donors (Lipinski definition) is 8. The van der Waals surface area contributed by atoms with Crippen molar-refractivity contribution in [2.75, 3.05) is 31.9 Å². The van der Waals surface area contributed by atoms with Gasteiger partial charge in [0.05, 0.1) is 13.0 Å². The van der Waals surface area contributed by atoms with Crippen molar-refractivity contribution >= 4 is 53.1 Å². The van der Waals surface area contributed by atoms with Crippen LogP contribution in [-0.2, 0) is 40.0 Å². The van der Waals surface area contributed by atoms with Crippen LogP contribution in [0, 0.1) is 5.92 Å². The van der Waals surface area contributed by atoms with E-state index < -0.39 is 78.5 Å². The van der Waals surface area contributed by atoms with Crippen LogP contribution in [0.25, 0.3) is 0 Å². The zero-order valence-corrected chi connectivity index (χ0v) is 30.3. The number of aliphatic imine (C=N–C) groups is 1. The van der Waals surface area contributed by atoms with Gasteiger partial charge in [0.15, 0.2) is 5.96 Å². The van der Waals surface area contributed by atoms with E-state index in [1.54, 1.807) is 24.3 Å². The van der Waals surface area contributed by atoms with Crippen LogP contribution >= 0.6 is 0 Å². The molecule has 1 heterocycles. The van der Waals surface area contributed by atoms with Crippen LogP contribution in [0.4, 0.5) is 5.69 Å². The predicted octanol–water partition coefficient (Wildman–Crippen LogP) is -1.30. The largest absolute Gasteiger partial charge is 0.481 e. The lowest BCUT2D eigenvalue weighted by molar-refractivity contribution is -0.146. The van der Waals surface area contributed by atoms with Gasteiger partial charge in [-0.3, -0.25) is 38.6 Å². The first-order chi connectivity index (χ1) is 25.2. The molecule has 53 heavy (non-hydrogen) atoms. The van der Waals surface area contributed by atoms with Crippen molar-refractivity contribution in [2.24, 2.45) is 28.1 Å². The summed E-state index contributed by atoms with van der Waals surface area (Å²) in [6, 6.07) is 2.58. The summed E-state index contributed by atoms with van der Waals surface area (Å²) in [6.45, 7) is 0.721. The normalized spacial score (nSPS) is 17.5. The Bertz CT molecular complexity index is 1490. The van der Waals surface area contributed by atoms with Gasteiger partial charge in [0, 0.05) is 38.7 Å². The van der Waals surface area contributed by atoms with Gasteiger partial charge in [0.25, 0.3) is 0 Å². The standard InChI is InChI=1S/C35H54N10O8/c1-21(46)41-26(19-22-11-13-24(36)14-12-22)32(51)43-30(23-7-3-2-4-8-23)33(52)42-25(9-5-16-40-35(38)39)34(53)44(18-15-29(48)49)20-28(47)45-17-6-10-27(45)31(37)50/h11-14,23,25-27,30H,2-10,15-20,36H2,1H3,(H2,37,50)(H,41,46)(H,42,52)(H,43,51)(H,48,49)(H4,38,39,40)/t25-,26+,27-,30-/m0/s1. The van der Waals surface area contributed by atoms with Gasteiger partial charge in [-0.05, 0) is 62.1 Å². The van der Waals surface area contributed by atoms with Crippen molar-refractivity contribution in [3.8, 4) is 0 Å². The van der Waals surface area contributed by atoms with Crippen molar-refractivity contribution in [1.29, 1.82) is 0 Å². The molecule has 2 fully saturated rings. The fourth-order valence-corrected chi connectivity index (χ4v) is 6.82. The molecule has 0 aromatic heterocycles. The Kier molecular flexibility index (Phi) is 16.3. The number of hydrogen-bond acceptors (Lipinski definition) is 9. The van der Waals surface area contributed by atoms with E-state index in [0.29, 0.717) is 31.4 Å². The fraction of sp³-hybridized carbons (Fsp3) is 0.600. The molecule has 292 valence electrons. The average molecular weight is 743 g/mol. The summed E-state index contributed by atoms with van der Waals surface area (Å²) in [4.78, 5) is 97.6. The first-order valence-electron chi connectivity index (χ1n) is 18.0. The first kappa shape index (κ1) is 42.0. The summed E-state index contributed by atoms with van der Waals surface area (Å²) in [5.41, 5.74) is 23.5. The summed E-state index contributed by atoms with van der Waals surface area (Å²) in [5, 5.41) is 17.7. The lowest BCUT2D eigenvalue weighted by atomic mass is 9.83. The molecule has 0 bridgehead atoms. The zero-order chi connectivity index (χ0) is 39.1. The molecule has 4 atom stereocenters. The third-order valence-electron chi connectivity index (χ3n) is 9.51. The minimum atomic E-state index is -1.27. The number of carbonyl (C=O) groups is 7. The number of nitrogens with zero attached hydrogens (tertiary/aromatic N) is 3. The zero-order valence-electron chi connectivity index (χ0n) is 30.3. The smallest absolute Gasteiger partial charge is 0.305 e. The number of amides is 6. The lowest BCUT2D eigenvalue weighted by Gasteiger charge is -2.34. The number of guanidine groups is 1. The summed E-state index contributed by atoms with van der Waals surface area (Å²) in [5.74, 6) is -5.38. The van der Waals surface area contributed by atoms with E-state index in [1.165, 1.54) is 11.8 Å². The number of carboxylic acids is 1. The van der Waals surface area contributed by atoms with E-state index in [0.717, 1.165) is 29.7 Å². The van der Waals surface area contributed by atoms with Gasteiger partial charge in [0.2, 0.25) is 35.4 Å². The minimum absolute atomic E-state index is 0.00370. The molecule has 0 radical (unpaired) electrons. The molecular formula is C35H54N10O8. The monoisotopic (exact) mass is 742 g/mol. The number of nitrogen functional groups attached to an aromatic ring is 1. The Labute approximate surface area is 308 Å². The van der Waals surface area contributed by atoms with Gasteiger partial charge in [-0.15, -0.1) is 0 Å². The molecule has 3 rings (SSSR count). The van der Waals surface area contributed by atoms with Crippen LogP contribution < -0.4 is 38.9 Å². The van der Waals surface area contributed by atoms with Gasteiger partial charge in [-0.2, -0.15) is 0 Å². The average Bonchev–Trinajstić information content (AvgIpc) is 3.61. The summed E-state index contributed by atoms with van der Waals surface area (Å²) >= 11 is 0. The number of rotatable bonds is 19.